The van der Waals surface area contributed by atoms with Crippen molar-refractivity contribution in [2.24, 2.45) is 22.9 Å². The number of nitrogens with one attached hydrogen (secondary N) is 1. The van der Waals surface area contributed by atoms with Gasteiger partial charge in [0.25, 0.3) is 5.91 Å². The summed E-state index contributed by atoms with van der Waals surface area (Å²) in [6.45, 7) is 9.67. The molecule has 0 radical (unpaired) electrons. The largest absolute Gasteiger partial charge is 0.459 e. The molecule has 6 atom stereocenters. The Kier molecular flexibility index (Phi) is 19.4. The van der Waals surface area contributed by atoms with Crippen LogP contribution in [0.25, 0.3) is 0 Å². The number of benzene rings is 2. The first-order valence-corrected chi connectivity index (χ1v) is 24.6. The standard InChI is InChI=1S/C52H75N3O10/c1-5-8-9-10-11-12-13-14-15-18-27-53-51(59)64-39-24-26-44-42(34-39)48-40(22-17-20-30-57)37(21-16-19-29-56)32-41-43(54-60-4)35-47(52(65-44,49(41)48)63-31-7-3)55(28-6-2)50(58)38-23-25-45-46(33-38)62-36-61-45/h7,23-26,32-34,37,40,47-49,56-57H,3,5-6,8-22,27-31,35-36H2,1-2,4H3,(H,53,59). The summed E-state index contributed by atoms with van der Waals surface area (Å²) < 4.78 is 31.7. The minimum atomic E-state index is -1.41. The Morgan fingerprint density at radius 1 is 0.877 bits per heavy atom. The summed E-state index contributed by atoms with van der Waals surface area (Å²) in [4.78, 5) is 35.7. The summed E-state index contributed by atoms with van der Waals surface area (Å²) in [6, 6.07) is 10.1. The summed E-state index contributed by atoms with van der Waals surface area (Å²) >= 11 is 0. The summed E-state index contributed by atoms with van der Waals surface area (Å²) in [7, 11) is 1.54. The zero-order valence-electron chi connectivity index (χ0n) is 39.2. The zero-order chi connectivity index (χ0) is 46.0. The van der Waals surface area contributed by atoms with Crippen LogP contribution in [0.1, 0.15) is 151 Å². The highest BCUT2D eigenvalue weighted by atomic mass is 16.7. The molecule has 6 unspecified atom stereocenters. The Labute approximate surface area is 386 Å². The summed E-state index contributed by atoms with van der Waals surface area (Å²) in [6.07, 6.45) is 21.1. The number of rotatable bonds is 28. The lowest BCUT2D eigenvalue weighted by atomic mass is 9.55. The van der Waals surface area contributed by atoms with Crippen LogP contribution in [0.5, 0.6) is 23.0 Å². The third kappa shape index (κ3) is 12.3. The Morgan fingerprint density at radius 2 is 1.58 bits per heavy atom. The number of hydrogen-bond acceptors (Lipinski definition) is 11. The molecule has 1 saturated carbocycles. The van der Waals surface area contributed by atoms with Crippen LogP contribution in [0.4, 0.5) is 4.79 Å². The summed E-state index contributed by atoms with van der Waals surface area (Å²) in [5, 5.41) is 27.5. The molecule has 6 rings (SSSR count). The molecule has 0 saturated heterocycles. The van der Waals surface area contributed by atoms with E-state index in [1.54, 1.807) is 30.3 Å². The van der Waals surface area contributed by atoms with Gasteiger partial charge in [-0.2, -0.15) is 0 Å². The Balaban J connectivity index is 1.36. The minimum Gasteiger partial charge on any atom is -0.459 e. The van der Waals surface area contributed by atoms with Gasteiger partial charge in [-0.05, 0) is 92.3 Å². The number of unbranched alkanes of at least 4 members (excludes halogenated alkanes) is 11. The fraction of sp³-hybridized carbons (Fsp3) is 0.635. The second kappa shape index (κ2) is 25.4. The molecule has 0 aromatic heterocycles. The molecule has 65 heavy (non-hydrogen) atoms. The lowest BCUT2D eigenvalue weighted by molar-refractivity contribution is -0.254. The van der Waals surface area contributed by atoms with Crippen molar-refractivity contribution in [3.05, 3.63) is 71.8 Å². The molecule has 2 aromatic carbocycles. The first-order chi connectivity index (χ1) is 31.8. The molecule has 2 aliphatic carbocycles. The number of carbonyl (C=O) groups excluding carboxylic acids is 2. The maximum atomic E-state index is 15.0. The summed E-state index contributed by atoms with van der Waals surface area (Å²) in [5.41, 5.74) is 2.96. The molecular formula is C52H75N3O10. The maximum Gasteiger partial charge on any atom is 0.412 e. The Morgan fingerprint density at radius 3 is 2.29 bits per heavy atom. The third-order valence-corrected chi connectivity index (χ3v) is 13.6. The highest BCUT2D eigenvalue weighted by Gasteiger charge is 2.65. The number of nitrogens with zero attached hydrogens (tertiary/aromatic N) is 2. The number of oxime groups is 1. The number of aliphatic hydroxyl groups excluding tert-OH is 2. The minimum absolute atomic E-state index is 0.0236. The van der Waals surface area contributed by atoms with E-state index in [1.807, 2.05) is 24.0 Å². The van der Waals surface area contributed by atoms with E-state index < -0.39 is 23.8 Å². The lowest BCUT2D eigenvalue weighted by Gasteiger charge is -2.60. The van der Waals surface area contributed by atoms with Crippen molar-refractivity contribution in [2.75, 3.05) is 46.8 Å². The van der Waals surface area contributed by atoms with Gasteiger partial charge in [0.05, 0.1) is 18.2 Å². The van der Waals surface area contributed by atoms with E-state index in [4.69, 9.17) is 28.5 Å². The van der Waals surface area contributed by atoms with Gasteiger partial charge < -0.3 is 49.0 Å². The Hall–Kier alpha value is -4.59. The van der Waals surface area contributed by atoms with Crippen LogP contribution in [-0.4, -0.2) is 91.5 Å². The second-order valence-electron chi connectivity index (χ2n) is 18.0. The van der Waals surface area contributed by atoms with Crippen LogP contribution in [0, 0.1) is 17.8 Å². The van der Waals surface area contributed by atoms with Gasteiger partial charge in [-0.15, -0.1) is 6.58 Å². The van der Waals surface area contributed by atoms with Gasteiger partial charge in [0.2, 0.25) is 12.6 Å². The quantitative estimate of drug-likeness (QED) is 0.0427. The average molecular weight is 902 g/mol. The fourth-order valence-corrected chi connectivity index (χ4v) is 10.6. The van der Waals surface area contributed by atoms with Gasteiger partial charge >= 0.3 is 6.09 Å². The number of carbonyl (C=O) groups is 2. The number of aliphatic hydroxyl groups is 2. The third-order valence-electron chi connectivity index (χ3n) is 13.6. The molecule has 0 bridgehead atoms. The van der Waals surface area contributed by atoms with Crippen molar-refractivity contribution in [2.45, 2.75) is 147 Å². The van der Waals surface area contributed by atoms with Gasteiger partial charge in [-0.1, -0.05) is 102 Å². The predicted molar refractivity (Wildman–Crippen MR) is 252 cm³/mol. The molecule has 2 aromatic rings. The van der Waals surface area contributed by atoms with Crippen molar-refractivity contribution in [3.63, 3.8) is 0 Å². The van der Waals surface area contributed by atoms with Gasteiger partial charge in [-0.3, -0.25) is 4.79 Å². The van der Waals surface area contributed by atoms with Crippen LogP contribution < -0.4 is 24.3 Å². The van der Waals surface area contributed by atoms with Gasteiger partial charge in [0.15, 0.2) is 11.5 Å². The van der Waals surface area contributed by atoms with Crippen LogP contribution >= 0.6 is 0 Å². The van der Waals surface area contributed by atoms with E-state index >= 15 is 0 Å². The number of ether oxygens (including phenoxy) is 5. The van der Waals surface area contributed by atoms with E-state index in [2.05, 4.69) is 30.1 Å². The average Bonchev–Trinajstić information content (AvgIpc) is 3.79. The second-order valence-corrected chi connectivity index (χ2v) is 18.0. The molecule has 2 aliphatic heterocycles. The molecule has 2 amide bonds. The number of fused-ring (bicyclic) bond motifs is 3. The van der Waals surface area contributed by atoms with E-state index in [9.17, 15) is 19.8 Å². The van der Waals surface area contributed by atoms with Crippen molar-refractivity contribution >= 4 is 17.7 Å². The predicted octanol–water partition coefficient (Wildman–Crippen LogP) is 10.2. The highest BCUT2D eigenvalue weighted by molar-refractivity contribution is 6.03. The summed E-state index contributed by atoms with van der Waals surface area (Å²) in [5.74, 6) is -0.192. The zero-order valence-corrected chi connectivity index (χ0v) is 39.2. The van der Waals surface area contributed by atoms with Gasteiger partial charge in [-0.25, -0.2) is 4.79 Å². The van der Waals surface area contributed by atoms with E-state index in [1.165, 1.54) is 52.1 Å². The van der Waals surface area contributed by atoms with E-state index in [-0.39, 0.29) is 56.7 Å². The van der Waals surface area contributed by atoms with Crippen LogP contribution in [0.15, 0.2) is 65.9 Å². The number of amides is 2. The Bertz CT molecular complexity index is 1920. The van der Waals surface area contributed by atoms with Crippen molar-refractivity contribution < 1.29 is 48.3 Å². The van der Waals surface area contributed by atoms with Crippen molar-refractivity contribution in [1.29, 1.82) is 0 Å². The molecular weight excluding hydrogens is 827 g/mol. The fourth-order valence-electron chi connectivity index (χ4n) is 10.6. The molecule has 13 nitrogen and oxygen atoms in total. The lowest BCUT2D eigenvalue weighted by Crippen LogP contribution is -2.70. The SMILES string of the molecule is C=CCOC12Oc3ccc(OC(=O)NCCCCCCCCCCCC)cc3C3C(CCCCO)C(CCCCO)C=C(C(=NOC)CC1N(CCC)C(=O)c1ccc4c(c1)OCO4)C32. The van der Waals surface area contributed by atoms with Crippen LogP contribution in [0.3, 0.4) is 0 Å². The molecule has 0 spiro atoms. The number of allylic oxidation sites excluding steroid dienone is 1. The van der Waals surface area contributed by atoms with Crippen LogP contribution in [0.2, 0.25) is 0 Å². The molecule has 3 N–H and O–H groups in total. The molecule has 13 heteroatoms. The van der Waals surface area contributed by atoms with Crippen LogP contribution in [-0.2, 0) is 9.57 Å². The maximum absolute atomic E-state index is 15.0. The molecule has 358 valence electrons. The topological polar surface area (TPSA) is 158 Å². The molecule has 1 fully saturated rings. The first kappa shape index (κ1) is 49.8. The van der Waals surface area contributed by atoms with Gasteiger partial charge in [0.1, 0.15) is 24.7 Å². The monoisotopic (exact) mass is 902 g/mol. The van der Waals surface area contributed by atoms with Crippen molar-refractivity contribution in [3.8, 4) is 23.0 Å². The molecule has 2 heterocycles. The normalized spacial score (nSPS) is 23.2. The number of hydrogen-bond donors (Lipinski definition) is 3. The van der Waals surface area contributed by atoms with E-state index in [0.29, 0.717) is 66.6 Å². The van der Waals surface area contributed by atoms with Gasteiger partial charge in [0, 0.05) is 49.8 Å². The first-order valence-electron chi connectivity index (χ1n) is 24.6. The van der Waals surface area contributed by atoms with Crippen molar-refractivity contribution in [1.82, 2.24) is 10.2 Å². The smallest absolute Gasteiger partial charge is 0.412 e. The van der Waals surface area contributed by atoms with E-state index in [0.717, 1.165) is 56.1 Å². The molecule has 4 aliphatic rings. The highest BCUT2D eigenvalue weighted by Crippen LogP contribution is 2.62.